The van der Waals surface area contributed by atoms with E-state index in [0.717, 1.165) is 0 Å². The maximum absolute atomic E-state index is 11.2. The van der Waals surface area contributed by atoms with Gasteiger partial charge in [-0.15, -0.1) is 0 Å². The van der Waals surface area contributed by atoms with E-state index in [2.05, 4.69) is 0 Å². The highest BCUT2D eigenvalue weighted by Gasteiger charge is 2.14. The number of Topliss-reactive ketones (excluding diaryl/α,β-unsaturated/α-hetero) is 1. The number of ketones is 1. The summed E-state index contributed by atoms with van der Waals surface area (Å²) in [4.78, 5) is 11.2. The Balaban J connectivity index is 2.93. The molecule has 0 aliphatic heterocycles. The van der Waals surface area contributed by atoms with Gasteiger partial charge in [0.2, 0.25) is 0 Å². The number of halogens is 1. The SMILES string of the molecule is CC(N)C(=O)c1cscc1Cl. The first-order valence-corrected chi connectivity index (χ1v) is 4.46. The second kappa shape index (κ2) is 3.34. The van der Waals surface area contributed by atoms with E-state index in [1.165, 1.54) is 11.3 Å². The molecule has 0 radical (unpaired) electrons. The van der Waals surface area contributed by atoms with Crippen molar-refractivity contribution in [1.29, 1.82) is 0 Å². The van der Waals surface area contributed by atoms with E-state index in [1.54, 1.807) is 17.7 Å². The van der Waals surface area contributed by atoms with E-state index in [9.17, 15) is 4.79 Å². The Bertz CT molecular complexity index is 269. The summed E-state index contributed by atoms with van der Waals surface area (Å²) < 4.78 is 0. The molecule has 1 rings (SSSR count). The van der Waals surface area contributed by atoms with Gasteiger partial charge in [0.1, 0.15) is 0 Å². The third-order valence-electron chi connectivity index (χ3n) is 1.29. The average molecular weight is 190 g/mol. The van der Waals surface area contributed by atoms with Crippen LogP contribution in [0, 0.1) is 0 Å². The highest BCUT2D eigenvalue weighted by molar-refractivity contribution is 7.08. The van der Waals surface area contributed by atoms with Gasteiger partial charge in [-0.25, -0.2) is 0 Å². The summed E-state index contributed by atoms with van der Waals surface area (Å²) >= 11 is 7.12. The van der Waals surface area contributed by atoms with Crippen LogP contribution in [0.5, 0.6) is 0 Å². The molecule has 0 amide bonds. The van der Waals surface area contributed by atoms with Crippen molar-refractivity contribution in [2.24, 2.45) is 5.73 Å². The molecule has 4 heteroatoms. The van der Waals surface area contributed by atoms with E-state index in [4.69, 9.17) is 17.3 Å². The lowest BCUT2D eigenvalue weighted by atomic mass is 10.1. The zero-order valence-electron chi connectivity index (χ0n) is 6.00. The number of thiophene rings is 1. The van der Waals surface area contributed by atoms with Crippen LogP contribution in [0.1, 0.15) is 17.3 Å². The van der Waals surface area contributed by atoms with E-state index in [1.807, 2.05) is 0 Å². The predicted octanol–water partition coefficient (Wildman–Crippen LogP) is 1.93. The maximum atomic E-state index is 11.2. The molecule has 1 unspecified atom stereocenters. The highest BCUT2D eigenvalue weighted by atomic mass is 35.5. The van der Waals surface area contributed by atoms with Gasteiger partial charge < -0.3 is 5.73 Å². The number of hydrogen-bond donors (Lipinski definition) is 1. The molecule has 0 saturated carbocycles. The van der Waals surface area contributed by atoms with E-state index >= 15 is 0 Å². The van der Waals surface area contributed by atoms with Crippen molar-refractivity contribution in [3.05, 3.63) is 21.3 Å². The molecular weight excluding hydrogens is 182 g/mol. The zero-order chi connectivity index (χ0) is 8.43. The molecule has 1 aromatic rings. The number of nitrogens with two attached hydrogens (primary N) is 1. The smallest absolute Gasteiger partial charge is 0.181 e. The third kappa shape index (κ3) is 1.80. The normalized spacial score (nSPS) is 13.0. The first-order valence-electron chi connectivity index (χ1n) is 3.14. The van der Waals surface area contributed by atoms with Gasteiger partial charge in [0, 0.05) is 16.3 Å². The van der Waals surface area contributed by atoms with Crippen LogP contribution in [-0.2, 0) is 0 Å². The summed E-state index contributed by atoms with van der Waals surface area (Å²) in [6.07, 6.45) is 0. The molecule has 2 nitrogen and oxygen atoms in total. The average Bonchev–Trinajstić information content (AvgIpc) is 2.33. The van der Waals surface area contributed by atoms with Crippen LogP contribution in [-0.4, -0.2) is 11.8 Å². The summed E-state index contributed by atoms with van der Waals surface area (Å²) in [5, 5.41) is 3.93. The maximum Gasteiger partial charge on any atom is 0.181 e. The van der Waals surface area contributed by atoms with Crippen molar-refractivity contribution in [3.63, 3.8) is 0 Å². The van der Waals surface area contributed by atoms with E-state index in [0.29, 0.717) is 10.6 Å². The quantitative estimate of drug-likeness (QED) is 0.723. The van der Waals surface area contributed by atoms with Crippen molar-refractivity contribution in [2.75, 3.05) is 0 Å². The van der Waals surface area contributed by atoms with Crippen LogP contribution in [0.25, 0.3) is 0 Å². The third-order valence-corrected chi connectivity index (χ3v) is 2.48. The summed E-state index contributed by atoms with van der Waals surface area (Å²) in [5.41, 5.74) is 5.93. The molecule has 11 heavy (non-hydrogen) atoms. The van der Waals surface area contributed by atoms with Crippen LogP contribution < -0.4 is 5.73 Å². The highest BCUT2D eigenvalue weighted by Crippen LogP contribution is 2.21. The fraction of sp³-hybridized carbons (Fsp3) is 0.286. The Labute approximate surface area is 74.0 Å². The Morgan fingerprint density at radius 3 is 2.73 bits per heavy atom. The Kier molecular flexibility index (Phi) is 2.65. The topological polar surface area (TPSA) is 43.1 Å². The van der Waals surface area contributed by atoms with E-state index in [-0.39, 0.29) is 5.78 Å². The van der Waals surface area contributed by atoms with Gasteiger partial charge >= 0.3 is 0 Å². The van der Waals surface area contributed by atoms with Gasteiger partial charge in [-0.05, 0) is 6.92 Å². The van der Waals surface area contributed by atoms with Crippen molar-refractivity contribution < 1.29 is 4.79 Å². The van der Waals surface area contributed by atoms with Gasteiger partial charge in [-0.1, -0.05) is 11.6 Å². The Morgan fingerprint density at radius 1 is 1.73 bits per heavy atom. The van der Waals surface area contributed by atoms with Crippen molar-refractivity contribution in [2.45, 2.75) is 13.0 Å². The monoisotopic (exact) mass is 189 g/mol. The van der Waals surface area contributed by atoms with Crippen molar-refractivity contribution in [3.8, 4) is 0 Å². The van der Waals surface area contributed by atoms with Gasteiger partial charge in [0.15, 0.2) is 5.78 Å². The molecule has 0 aromatic carbocycles. The van der Waals surface area contributed by atoms with Gasteiger partial charge in [0.25, 0.3) is 0 Å². The minimum Gasteiger partial charge on any atom is -0.321 e. The molecule has 0 saturated heterocycles. The molecular formula is C7H8ClNOS. The van der Waals surface area contributed by atoms with Crippen LogP contribution in [0.2, 0.25) is 5.02 Å². The molecule has 1 heterocycles. The summed E-state index contributed by atoms with van der Waals surface area (Å²) in [6.45, 7) is 1.65. The minimum atomic E-state index is -0.470. The van der Waals surface area contributed by atoms with E-state index < -0.39 is 6.04 Å². The Hall–Kier alpha value is -0.380. The molecule has 0 aliphatic rings. The first kappa shape index (κ1) is 8.71. The van der Waals surface area contributed by atoms with Gasteiger partial charge in [0.05, 0.1) is 11.1 Å². The molecule has 0 aliphatic carbocycles. The van der Waals surface area contributed by atoms with Crippen LogP contribution in [0.4, 0.5) is 0 Å². The standard InChI is InChI=1S/C7H8ClNOS/c1-4(9)7(10)5-2-11-3-6(5)8/h2-4H,9H2,1H3. The zero-order valence-corrected chi connectivity index (χ0v) is 7.58. The number of hydrogen-bond acceptors (Lipinski definition) is 3. The van der Waals surface area contributed by atoms with Crippen molar-refractivity contribution in [1.82, 2.24) is 0 Å². The first-order chi connectivity index (χ1) is 5.13. The molecule has 60 valence electrons. The molecule has 0 spiro atoms. The fourth-order valence-electron chi connectivity index (χ4n) is 0.703. The Morgan fingerprint density at radius 2 is 2.36 bits per heavy atom. The predicted molar refractivity (Wildman–Crippen MR) is 47.3 cm³/mol. The van der Waals surface area contributed by atoms with Crippen molar-refractivity contribution >= 4 is 28.7 Å². The lowest BCUT2D eigenvalue weighted by Crippen LogP contribution is -2.26. The fourth-order valence-corrected chi connectivity index (χ4v) is 1.76. The molecule has 1 aromatic heterocycles. The van der Waals surface area contributed by atoms with Gasteiger partial charge in [-0.3, -0.25) is 4.79 Å². The van der Waals surface area contributed by atoms with Crippen LogP contribution >= 0.6 is 22.9 Å². The molecule has 2 N–H and O–H groups in total. The number of carbonyl (C=O) groups excluding carboxylic acids is 1. The summed E-state index contributed by atoms with van der Waals surface area (Å²) in [5.74, 6) is -0.101. The minimum absolute atomic E-state index is 0.101. The molecule has 0 fully saturated rings. The second-order valence-electron chi connectivity index (χ2n) is 2.29. The largest absolute Gasteiger partial charge is 0.321 e. The number of rotatable bonds is 2. The number of carbonyl (C=O) groups is 1. The molecule has 1 atom stereocenters. The second-order valence-corrected chi connectivity index (χ2v) is 3.44. The van der Waals surface area contributed by atoms with Crippen LogP contribution in [0.3, 0.4) is 0 Å². The summed E-state index contributed by atoms with van der Waals surface area (Å²) in [7, 11) is 0. The lowest BCUT2D eigenvalue weighted by Gasteiger charge is -2.00. The molecule has 0 bridgehead atoms. The summed E-state index contributed by atoms with van der Waals surface area (Å²) in [6, 6.07) is -0.470. The lowest BCUT2D eigenvalue weighted by molar-refractivity contribution is 0.0968. The van der Waals surface area contributed by atoms with Gasteiger partial charge in [-0.2, -0.15) is 11.3 Å². The van der Waals surface area contributed by atoms with Crippen LogP contribution in [0.15, 0.2) is 10.8 Å².